The van der Waals surface area contributed by atoms with Gasteiger partial charge in [-0.3, -0.25) is 24.5 Å². The van der Waals surface area contributed by atoms with Crippen LogP contribution in [0, 0.1) is 0 Å². The van der Waals surface area contributed by atoms with E-state index in [0.29, 0.717) is 0 Å². The van der Waals surface area contributed by atoms with Gasteiger partial charge >= 0.3 is 0 Å². The summed E-state index contributed by atoms with van der Waals surface area (Å²) < 4.78 is 12.3. The number of aliphatic hydroxyl groups excluding tert-OH is 2. The van der Waals surface area contributed by atoms with Crippen molar-refractivity contribution in [3.63, 3.8) is 0 Å². The number of rotatable bonds is 4. The van der Waals surface area contributed by atoms with E-state index in [-0.39, 0.29) is 17.1 Å². The number of amides is 1. The molecule has 1 aliphatic heterocycles. The number of aromatic nitrogens is 4. The van der Waals surface area contributed by atoms with Crippen molar-refractivity contribution in [2.45, 2.75) is 31.5 Å². The third kappa shape index (κ3) is 2.67. The number of hydrogen-bond donors (Lipinski definition) is 4. The molecule has 4 N–H and O–H groups in total. The molecule has 0 aliphatic carbocycles. The molecular weight excluding hydrogens is 322 g/mol. The summed E-state index contributed by atoms with van der Waals surface area (Å²) in [7, 11) is 1.39. The Labute approximate surface area is 135 Å². The van der Waals surface area contributed by atoms with Crippen LogP contribution >= 0.6 is 0 Å². The standard InChI is InChI=1S/C13H17N5O6/c1-5(20)15-13-16-10-7(11(22)17-13)14-4-18(10)12-9(23-2)8(21)6(3-19)24-12/h4,6,8-9,12,19,21H,3H2,1-2H3,(H2,15,16,17,20,22)/t6-,8-,9-,12-/m1/s1. The predicted octanol–water partition coefficient (Wildman–Crippen LogP) is -1.66. The number of nitrogens with one attached hydrogen (secondary N) is 2. The summed E-state index contributed by atoms with van der Waals surface area (Å²) in [5.74, 6) is -0.431. The van der Waals surface area contributed by atoms with Gasteiger partial charge in [-0.15, -0.1) is 0 Å². The van der Waals surface area contributed by atoms with Crippen LogP contribution in [0.3, 0.4) is 0 Å². The van der Waals surface area contributed by atoms with Crippen LogP contribution < -0.4 is 10.9 Å². The first-order valence-electron chi connectivity index (χ1n) is 7.18. The molecular formula is C13H17N5O6. The van der Waals surface area contributed by atoms with E-state index in [1.807, 2.05) is 0 Å². The van der Waals surface area contributed by atoms with Crippen LogP contribution in [-0.2, 0) is 14.3 Å². The Kier molecular flexibility index (Phi) is 4.32. The second kappa shape index (κ2) is 6.28. The number of aromatic amines is 1. The Morgan fingerprint density at radius 2 is 2.33 bits per heavy atom. The van der Waals surface area contributed by atoms with Crippen molar-refractivity contribution >= 4 is 23.0 Å². The lowest BCUT2D eigenvalue weighted by molar-refractivity contribution is -0.114. The summed E-state index contributed by atoms with van der Waals surface area (Å²) in [5, 5.41) is 21.8. The van der Waals surface area contributed by atoms with Gasteiger partial charge in [-0.1, -0.05) is 0 Å². The van der Waals surface area contributed by atoms with Crippen molar-refractivity contribution in [1.29, 1.82) is 0 Å². The first-order chi connectivity index (χ1) is 11.5. The molecule has 0 unspecified atom stereocenters. The smallest absolute Gasteiger partial charge is 0.280 e. The molecule has 0 radical (unpaired) electrons. The Bertz CT molecular complexity index is 817. The summed E-state index contributed by atoms with van der Waals surface area (Å²) in [6.45, 7) is 0.889. The Morgan fingerprint density at radius 1 is 1.58 bits per heavy atom. The highest BCUT2D eigenvalue weighted by Crippen LogP contribution is 2.32. The average Bonchev–Trinajstić information content (AvgIpc) is 3.07. The van der Waals surface area contributed by atoms with E-state index in [1.54, 1.807) is 0 Å². The van der Waals surface area contributed by atoms with Crippen LogP contribution in [0.25, 0.3) is 11.2 Å². The van der Waals surface area contributed by atoms with Crippen LogP contribution in [0.15, 0.2) is 11.1 Å². The minimum absolute atomic E-state index is 0.0343. The predicted molar refractivity (Wildman–Crippen MR) is 80.3 cm³/mol. The molecule has 4 atom stereocenters. The van der Waals surface area contributed by atoms with Crippen molar-refractivity contribution in [3.8, 4) is 0 Å². The zero-order valence-electron chi connectivity index (χ0n) is 13.0. The minimum Gasteiger partial charge on any atom is -0.394 e. The monoisotopic (exact) mass is 339 g/mol. The van der Waals surface area contributed by atoms with Crippen LogP contribution in [0.1, 0.15) is 13.2 Å². The molecule has 11 heteroatoms. The summed E-state index contributed by atoms with van der Waals surface area (Å²) in [6.07, 6.45) is -2.20. The number of methoxy groups -OCH3 is 1. The fourth-order valence-corrected chi connectivity index (χ4v) is 2.69. The van der Waals surface area contributed by atoms with Gasteiger partial charge in [0.15, 0.2) is 17.4 Å². The molecule has 0 bridgehead atoms. The number of nitrogens with zero attached hydrogens (tertiary/aromatic N) is 3. The lowest BCUT2D eigenvalue weighted by atomic mass is 10.1. The van der Waals surface area contributed by atoms with E-state index in [4.69, 9.17) is 9.47 Å². The fourth-order valence-electron chi connectivity index (χ4n) is 2.69. The second-order valence-electron chi connectivity index (χ2n) is 5.36. The Balaban J connectivity index is 2.08. The van der Waals surface area contributed by atoms with E-state index in [2.05, 4.69) is 20.3 Å². The maximum atomic E-state index is 12.1. The van der Waals surface area contributed by atoms with E-state index >= 15 is 0 Å². The molecule has 3 heterocycles. The molecule has 1 aliphatic rings. The largest absolute Gasteiger partial charge is 0.394 e. The third-order valence-electron chi connectivity index (χ3n) is 3.77. The van der Waals surface area contributed by atoms with Gasteiger partial charge in [0.2, 0.25) is 11.9 Å². The van der Waals surface area contributed by atoms with Crippen molar-refractivity contribution in [1.82, 2.24) is 19.5 Å². The second-order valence-corrected chi connectivity index (χ2v) is 5.36. The van der Waals surface area contributed by atoms with Gasteiger partial charge in [-0.2, -0.15) is 4.98 Å². The van der Waals surface area contributed by atoms with Crippen LogP contribution in [0.4, 0.5) is 5.95 Å². The number of anilines is 1. The zero-order valence-corrected chi connectivity index (χ0v) is 13.0. The topological polar surface area (TPSA) is 152 Å². The fraction of sp³-hybridized carbons (Fsp3) is 0.538. The van der Waals surface area contributed by atoms with Gasteiger partial charge in [0.1, 0.15) is 18.3 Å². The Morgan fingerprint density at radius 3 is 2.96 bits per heavy atom. The molecule has 24 heavy (non-hydrogen) atoms. The maximum Gasteiger partial charge on any atom is 0.280 e. The highest BCUT2D eigenvalue weighted by molar-refractivity contribution is 5.87. The van der Waals surface area contributed by atoms with Gasteiger partial charge in [0.25, 0.3) is 5.56 Å². The van der Waals surface area contributed by atoms with Gasteiger partial charge in [-0.25, -0.2) is 4.98 Å². The molecule has 0 aromatic carbocycles. The molecule has 1 saturated heterocycles. The number of carbonyl (C=O) groups excluding carboxylic acids is 1. The molecule has 11 nitrogen and oxygen atoms in total. The maximum absolute atomic E-state index is 12.1. The zero-order chi connectivity index (χ0) is 17.4. The number of hydrogen-bond acceptors (Lipinski definition) is 8. The summed E-state index contributed by atoms with van der Waals surface area (Å²) in [5.41, 5.74) is -0.335. The van der Waals surface area contributed by atoms with Gasteiger partial charge in [0, 0.05) is 14.0 Å². The lowest BCUT2D eigenvalue weighted by Gasteiger charge is -2.19. The highest BCUT2D eigenvalue weighted by atomic mass is 16.6. The third-order valence-corrected chi connectivity index (χ3v) is 3.77. The van der Waals surface area contributed by atoms with Crippen LogP contribution in [0.2, 0.25) is 0 Å². The summed E-state index contributed by atoms with van der Waals surface area (Å²) in [4.78, 5) is 33.8. The van der Waals surface area contributed by atoms with Crippen molar-refractivity contribution in [2.75, 3.05) is 19.0 Å². The van der Waals surface area contributed by atoms with E-state index in [0.717, 1.165) is 0 Å². The number of aliphatic hydroxyl groups is 2. The molecule has 0 saturated carbocycles. The van der Waals surface area contributed by atoms with Crippen molar-refractivity contribution in [3.05, 3.63) is 16.7 Å². The van der Waals surface area contributed by atoms with Crippen molar-refractivity contribution < 1.29 is 24.5 Å². The van der Waals surface area contributed by atoms with Gasteiger partial charge < -0.3 is 19.7 Å². The quantitative estimate of drug-likeness (QED) is 0.517. The molecule has 3 rings (SSSR count). The van der Waals surface area contributed by atoms with E-state index in [9.17, 15) is 19.8 Å². The first-order valence-corrected chi connectivity index (χ1v) is 7.18. The normalized spacial score (nSPS) is 26.8. The van der Waals surface area contributed by atoms with Gasteiger partial charge in [-0.05, 0) is 0 Å². The Hall–Kier alpha value is -2.34. The molecule has 1 amide bonds. The number of H-pyrrole nitrogens is 1. The molecule has 0 spiro atoms. The molecule has 1 fully saturated rings. The molecule has 2 aromatic heterocycles. The number of ether oxygens (including phenoxy) is 2. The summed E-state index contributed by atoms with van der Waals surface area (Å²) >= 11 is 0. The van der Waals surface area contributed by atoms with Gasteiger partial charge in [0.05, 0.1) is 12.9 Å². The number of carbonyl (C=O) groups is 1. The van der Waals surface area contributed by atoms with E-state index < -0.39 is 42.6 Å². The highest BCUT2D eigenvalue weighted by Gasteiger charge is 2.45. The average molecular weight is 339 g/mol. The number of fused-ring (bicyclic) bond motifs is 1. The van der Waals surface area contributed by atoms with Crippen LogP contribution in [-0.4, -0.2) is 67.7 Å². The van der Waals surface area contributed by atoms with E-state index in [1.165, 1.54) is 24.9 Å². The minimum atomic E-state index is -1.06. The lowest BCUT2D eigenvalue weighted by Crippen LogP contribution is -2.34. The molecule has 130 valence electrons. The first kappa shape index (κ1) is 16.5. The SMILES string of the molecule is CO[C@@H]1[C@H](O)[C@@H](CO)O[C@H]1n1cnc2c(=O)[nH]c(NC(C)=O)nc21. The molecule has 2 aromatic rings. The number of imidazole rings is 1. The summed E-state index contributed by atoms with van der Waals surface area (Å²) in [6, 6.07) is 0. The van der Waals surface area contributed by atoms with Crippen LogP contribution in [0.5, 0.6) is 0 Å². The van der Waals surface area contributed by atoms with Crippen molar-refractivity contribution in [2.24, 2.45) is 0 Å².